The van der Waals surface area contributed by atoms with Gasteiger partial charge in [-0.3, -0.25) is 4.79 Å². The first-order valence-corrected chi connectivity index (χ1v) is 7.36. The molecule has 0 bridgehead atoms. The number of nitrogens with zero attached hydrogens (tertiary/aromatic N) is 1. The number of fused-ring (bicyclic) bond motifs is 1. The van der Waals surface area contributed by atoms with Gasteiger partial charge in [-0.1, -0.05) is 6.07 Å². The van der Waals surface area contributed by atoms with Crippen molar-refractivity contribution in [1.29, 1.82) is 5.26 Å². The van der Waals surface area contributed by atoms with Crippen LogP contribution in [0.2, 0.25) is 0 Å². The van der Waals surface area contributed by atoms with Gasteiger partial charge in [0.25, 0.3) is 5.91 Å². The van der Waals surface area contributed by atoms with Crippen molar-refractivity contribution in [2.75, 3.05) is 0 Å². The Balaban J connectivity index is 1.87. The molecule has 3 rings (SSSR count). The maximum Gasteiger partial charge on any atom is 0.262 e. The highest BCUT2D eigenvalue weighted by Gasteiger charge is 2.35. The lowest BCUT2D eigenvalue weighted by Gasteiger charge is -2.21. The van der Waals surface area contributed by atoms with Crippen LogP contribution in [0, 0.1) is 17.1 Å². The summed E-state index contributed by atoms with van der Waals surface area (Å²) in [7, 11) is 0. The van der Waals surface area contributed by atoms with Gasteiger partial charge in [-0.25, -0.2) is 4.39 Å². The molecule has 20 heavy (non-hydrogen) atoms. The van der Waals surface area contributed by atoms with Crippen molar-refractivity contribution < 1.29 is 9.18 Å². The van der Waals surface area contributed by atoms with Crippen molar-refractivity contribution in [3.05, 3.63) is 35.0 Å². The fourth-order valence-corrected chi connectivity index (χ4v) is 3.62. The van der Waals surface area contributed by atoms with Gasteiger partial charge in [-0.15, -0.1) is 11.3 Å². The second-order valence-electron chi connectivity index (χ2n) is 5.15. The molecule has 1 N–H and O–H groups in total. The van der Waals surface area contributed by atoms with E-state index in [2.05, 4.69) is 11.4 Å². The SMILES string of the molecule is N#CC1(NC(=O)c2cc3ccc(F)cc3s2)CCCC1. The Morgan fingerprint density at radius 2 is 2.10 bits per heavy atom. The molecule has 1 fully saturated rings. The van der Waals surface area contributed by atoms with Crippen LogP contribution in [-0.2, 0) is 0 Å². The molecule has 1 aliphatic rings. The number of halogens is 1. The van der Waals surface area contributed by atoms with Gasteiger partial charge in [0.15, 0.2) is 0 Å². The standard InChI is InChI=1S/C15H13FN2OS/c16-11-4-3-10-7-13(20-12(10)8-11)14(19)18-15(9-17)5-1-2-6-15/h3-4,7-8H,1-2,5-6H2,(H,18,19). The summed E-state index contributed by atoms with van der Waals surface area (Å²) >= 11 is 1.25. The summed E-state index contributed by atoms with van der Waals surface area (Å²) in [6.07, 6.45) is 3.33. The first kappa shape index (κ1) is 13.1. The Hall–Kier alpha value is -1.93. The molecule has 2 aromatic rings. The molecule has 1 aromatic carbocycles. The largest absolute Gasteiger partial charge is 0.333 e. The molecule has 0 unspecified atom stereocenters. The van der Waals surface area contributed by atoms with Gasteiger partial charge in [0, 0.05) is 4.70 Å². The Morgan fingerprint density at radius 3 is 2.80 bits per heavy atom. The van der Waals surface area contributed by atoms with E-state index in [-0.39, 0.29) is 11.7 Å². The van der Waals surface area contributed by atoms with E-state index in [4.69, 9.17) is 0 Å². The summed E-state index contributed by atoms with van der Waals surface area (Å²) in [5, 5.41) is 13.0. The van der Waals surface area contributed by atoms with Gasteiger partial charge in [0.1, 0.15) is 11.4 Å². The molecule has 1 saturated carbocycles. The molecule has 0 atom stereocenters. The van der Waals surface area contributed by atoms with E-state index in [9.17, 15) is 14.4 Å². The topological polar surface area (TPSA) is 52.9 Å². The maximum atomic E-state index is 13.2. The second kappa shape index (κ2) is 4.88. The zero-order valence-electron chi connectivity index (χ0n) is 10.8. The summed E-state index contributed by atoms with van der Waals surface area (Å²) in [5.74, 6) is -0.550. The highest BCUT2D eigenvalue weighted by atomic mass is 32.1. The summed E-state index contributed by atoms with van der Waals surface area (Å²) in [6.45, 7) is 0. The van der Waals surface area contributed by atoms with E-state index in [0.717, 1.165) is 22.9 Å². The van der Waals surface area contributed by atoms with Crippen molar-refractivity contribution in [2.24, 2.45) is 0 Å². The van der Waals surface area contributed by atoms with Gasteiger partial charge in [-0.05, 0) is 49.3 Å². The minimum Gasteiger partial charge on any atom is -0.333 e. The minimum absolute atomic E-state index is 0.241. The van der Waals surface area contributed by atoms with E-state index >= 15 is 0 Å². The molecule has 5 heteroatoms. The van der Waals surface area contributed by atoms with Crippen molar-refractivity contribution in [1.82, 2.24) is 5.32 Å². The third kappa shape index (κ3) is 2.27. The predicted molar refractivity (Wildman–Crippen MR) is 76.1 cm³/mol. The lowest BCUT2D eigenvalue weighted by atomic mass is 10.00. The highest BCUT2D eigenvalue weighted by Crippen LogP contribution is 2.31. The van der Waals surface area contributed by atoms with Crippen LogP contribution in [0.1, 0.15) is 35.4 Å². The van der Waals surface area contributed by atoms with Gasteiger partial charge in [-0.2, -0.15) is 5.26 Å². The number of nitriles is 1. The molecule has 1 aliphatic carbocycles. The molecule has 0 aliphatic heterocycles. The third-order valence-electron chi connectivity index (χ3n) is 3.73. The predicted octanol–water partition coefficient (Wildman–Crippen LogP) is 3.61. The molecule has 1 amide bonds. The van der Waals surface area contributed by atoms with Crippen LogP contribution in [-0.4, -0.2) is 11.4 Å². The van der Waals surface area contributed by atoms with Crippen LogP contribution in [0.15, 0.2) is 24.3 Å². The van der Waals surface area contributed by atoms with Gasteiger partial charge < -0.3 is 5.32 Å². The summed E-state index contributed by atoms with van der Waals surface area (Å²) < 4.78 is 13.9. The van der Waals surface area contributed by atoms with Gasteiger partial charge in [0.05, 0.1) is 10.9 Å². The first-order chi connectivity index (χ1) is 9.62. The molecule has 102 valence electrons. The number of carbonyl (C=O) groups excluding carboxylic acids is 1. The lowest BCUT2D eigenvalue weighted by Crippen LogP contribution is -2.44. The van der Waals surface area contributed by atoms with E-state index in [1.807, 2.05) is 0 Å². The molecule has 3 nitrogen and oxygen atoms in total. The number of thiophene rings is 1. The van der Waals surface area contributed by atoms with E-state index in [0.29, 0.717) is 17.7 Å². The Kier molecular flexibility index (Phi) is 3.19. The van der Waals surface area contributed by atoms with Crippen LogP contribution in [0.3, 0.4) is 0 Å². The molecule has 1 heterocycles. The molecule has 0 radical (unpaired) electrons. The normalized spacial score (nSPS) is 17.0. The summed E-state index contributed by atoms with van der Waals surface area (Å²) in [4.78, 5) is 12.8. The number of nitrogens with one attached hydrogen (secondary N) is 1. The fraction of sp³-hybridized carbons (Fsp3) is 0.333. The number of carbonyl (C=O) groups is 1. The van der Waals surface area contributed by atoms with Crippen molar-refractivity contribution in [2.45, 2.75) is 31.2 Å². The molecule has 0 saturated heterocycles. The van der Waals surface area contributed by atoms with E-state index in [1.165, 1.54) is 23.5 Å². The monoisotopic (exact) mass is 288 g/mol. The van der Waals surface area contributed by atoms with Crippen LogP contribution < -0.4 is 5.32 Å². The minimum atomic E-state index is -0.724. The first-order valence-electron chi connectivity index (χ1n) is 6.55. The maximum absolute atomic E-state index is 13.2. The average Bonchev–Trinajstić information content (AvgIpc) is 3.05. The van der Waals surface area contributed by atoms with Crippen LogP contribution in [0.25, 0.3) is 10.1 Å². The number of rotatable bonds is 2. The summed E-state index contributed by atoms with van der Waals surface area (Å²) in [6, 6.07) is 8.44. The zero-order chi connectivity index (χ0) is 14.2. The number of hydrogen-bond acceptors (Lipinski definition) is 3. The smallest absolute Gasteiger partial charge is 0.262 e. The van der Waals surface area contributed by atoms with Crippen LogP contribution in [0.5, 0.6) is 0 Å². The number of hydrogen-bond donors (Lipinski definition) is 1. The molecule has 0 spiro atoms. The Labute approximate surface area is 120 Å². The molecular weight excluding hydrogens is 275 g/mol. The highest BCUT2D eigenvalue weighted by molar-refractivity contribution is 7.20. The second-order valence-corrected chi connectivity index (χ2v) is 6.23. The third-order valence-corrected chi connectivity index (χ3v) is 4.83. The quantitative estimate of drug-likeness (QED) is 0.917. The lowest BCUT2D eigenvalue weighted by molar-refractivity contribution is 0.0925. The van der Waals surface area contributed by atoms with Crippen molar-refractivity contribution >= 4 is 27.3 Å². The molecular formula is C15H13FN2OS. The van der Waals surface area contributed by atoms with Gasteiger partial charge >= 0.3 is 0 Å². The van der Waals surface area contributed by atoms with Crippen molar-refractivity contribution in [3.63, 3.8) is 0 Å². The van der Waals surface area contributed by atoms with Crippen LogP contribution >= 0.6 is 11.3 Å². The fourth-order valence-electron chi connectivity index (χ4n) is 2.64. The van der Waals surface area contributed by atoms with Crippen molar-refractivity contribution in [3.8, 4) is 6.07 Å². The van der Waals surface area contributed by atoms with E-state index in [1.54, 1.807) is 12.1 Å². The Bertz CT molecular complexity index is 710. The molecule has 1 aromatic heterocycles. The number of amides is 1. The zero-order valence-corrected chi connectivity index (χ0v) is 11.6. The summed E-state index contributed by atoms with van der Waals surface area (Å²) in [5.41, 5.74) is -0.724. The Morgan fingerprint density at radius 1 is 1.35 bits per heavy atom. The average molecular weight is 288 g/mol. The number of benzene rings is 1. The van der Waals surface area contributed by atoms with Crippen LogP contribution in [0.4, 0.5) is 4.39 Å². The van der Waals surface area contributed by atoms with E-state index < -0.39 is 5.54 Å². The van der Waals surface area contributed by atoms with Gasteiger partial charge in [0.2, 0.25) is 0 Å².